The fourth-order valence-corrected chi connectivity index (χ4v) is 4.63. The van der Waals surface area contributed by atoms with E-state index in [9.17, 15) is 9.59 Å². The zero-order valence-electron chi connectivity index (χ0n) is 14.3. The van der Waals surface area contributed by atoms with Crippen LogP contribution in [0.3, 0.4) is 0 Å². The fraction of sp³-hybridized carbons (Fsp3) is 0.706. The molecule has 0 radical (unpaired) electrons. The van der Waals surface area contributed by atoms with E-state index in [1.54, 1.807) is 6.92 Å². The van der Waals surface area contributed by atoms with Crippen molar-refractivity contribution in [2.45, 2.75) is 49.9 Å². The molecular formula is C17H25N3O3S. The topological polar surface area (TPSA) is 75.3 Å². The van der Waals surface area contributed by atoms with Crippen LogP contribution in [0.2, 0.25) is 0 Å². The van der Waals surface area contributed by atoms with E-state index in [2.05, 4.69) is 9.97 Å². The van der Waals surface area contributed by atoms with Crippen LogP contribution >= 0.6 is 11.8 Å². The molecule has 0 unspecified atom stereocenters. The quantitative estimate of drug-likeness (QED) is 0.666. The molecule has 0 bridgehead atoms. The van der Waals surface area contributed by atoms with Gasteiger partial charge in [-0.3, -0.25) is 9.59 Å². The van der Waals surface area contributed by atoms with Crippen molar-refractivity contribution >= 4 is 17.7 Å². The van der Waals surface area contributed by atoms with E-state index in [0.29, 0.717) is 10.9 Å². The molecule has 1 N–H and O–H groups in total. The number of likely N-dealkylation sites (tertiary alicyclic amines) is 1. The summed E-state index contributed by atoms with van der Waals surface area (Å²) in [6.07, 6.45) is 4.34. The number of carbonyl (C=O) groups excluding carboxylic acids is 1. The second-order valence-corrected chi connectivity index (χ2v) is 8.26. The van der Waals surface area contributed by atoms with Crippen LogP contribution in [0, 0.1) is 12.3 Å². The highest BCUT2D eigenvalue weighted by molar-refractivity contribution is 8.00. The molecule has 2 aliphatic rings. The maximum atomic E-state index is 12.9. The molecule has 3 heterocycles. The minimum absolute atomic E-state index is 0.134. The molecule has 0 aromatic carbocycles. The van der Waals surface area contributed by atoms with Crippen molar-refractivity contribution < 1.29 is 9.53 Å². The summed E-state index contributed by atoms with van der Waals surface area (Å²) in [5, 5.41) is 0.253. The number of aryl methyl sites for hydroxylation is 1. The van der Waals surface area contributed by atoms with E-state index in [0.717, 1.165) is 45.6 Å². The standard InChI is InChI=1S/C17H25N3O3S/c1-12-10-14(21)19-16(18-12)24-13(2)15(22)20-7-3-4-17(11-20)5-8-23-9-6-17/h10,13H,3-9,11H2,1-2H3,(H,18,19,21)/t13-/m1/s1. The molecule has 0 saturated carbocycles. The van der Waals surface area contributed by atoms with Crippen molar-refractivity contribution in [3.63, 3.8) is 0 Å². The van der Waals surface area contributed by atoms with E-state index in [-0.39, 0.29) is 22.1 Å². The summed E-state index contributed by atoms with van der Waals surface area (Å²) < 4.78 is 5.49. The summed E-state index contributed by atoms with van der Waals surface area (Å²) in [6.45, 7) is 6.94. The van der Waals surface area contributed by atoms with Gasteiger partial charge in [-0.05, 0) is 44.9 Å². The first kappa shape index (κ1) is 17.5. The first-order chi connectivity index (χ1) is 11.5. The third-order valence-electron chi connectivity index (χ3n) is 5.01. The third kappa shape index (κ3) is 4.00. The average Bonchev–Trinajstić information content (AvgIpc) is 2.54. The number of H-pyrrole nitrogens is 1. The lowest BCUT2D eigenvalue weighted by molar-refractivity contribution is -0.136. The Labute approximate surface area is 146 Å². The molecule has 1 spiro atoms. The Morgan fingerprint density at radius 2 is 2.17 bits per heavy atom. The zero-order chi connectivity index (χ0) is 17.2. The number of ether oxygens (including phenoxy) is 1. The van der Waals surface area contributed by atoms with E-state index < -0.39 is 0 Å². The van der Waals surface area contributed by atoms with Crippen LogP contribution in [-0.2, 0) is 9.53 Å². The van der Waals surface area contributed by atoms with Crippen molar-refractivity contribution in [3.05, 3.63) is 22.1 Å². The van der Waals surface area contributed by atoms with E-state index in [1.807, 2.05) is 11.8 Å². The summed E-state index contributed by atoms with van der Waals surface area (Å²) in [5.41, 5.74) is 0.732. The normalized spacial score (nSPS) is 21.7. The number of nitrogens with zero attached hydrogens (tertiary/aromatic N) is 2. The van der Waals surface area contributed by atoms with Crippen LogP contribution in [-0.4, -0.2) is 52.3 Å². The monoisotopic (exact) mass is 351 g/mol. The van der Waals surface area contributed by atoms with Gasteiger partial charge in [0.2, 0.25) is 5.91 Å². The van der Waals surface area contributed by atoms with Gasteiger partial charge in [-0.15, -0.1) is 0 Å². The molecule has 2 fully saturated rings. The largest absolute Gasteiger partial charge is 0.381 e. The molecule has 1 aromatic rings. The summed E-state index contributed by atoms with van der Waals surface area (Å²) in [5.74, 6) is 0.134. The van der Waals surface area contributed by atoms with Gasteiger partial charge in [-0.2, -0.15) is 0 Å². The molecule has 1 atom stereocenters. The summed E-state index contributed by atoms with van der Waals surface area (Å²) in [6, 6.07) is 1.45. The Morgan fingerprint density at radius 3 is 2.88 bits per heavy atom. The molecule has 2 aliphatic heterocycles. The van der Waals surface area contributed by atoms with Crippen molar-refractivity contribution in [1.82, 2.24) is 14.9 Å². The number of amides is 1. The summed E-state index contributed by atoms with van der Waals surface area (Å²) in [7, 11) is 0. The second-order valence-electron chi connectivity index (χ2n) is 6.93. The molecule has 1 aromatic heterocycles. The predicted molar refractivity (Wildman–Crippen MR) is 93.2 cm³/mol. The van der Waals surface area contributed by atoms with Gasteiger partial charge in [0.05, 0.1) is 5.25 Å². The molecule has 1 amide bonds. The van der Waals surface area contributed by atoms with Gasteiger partial charge < -0.3 is 14.6 Å². The Bertz CT molecular complexity index is 649. The minimum Gasteiger partial charge on any atom is -0.381 e. The number of nitrogens with one attached hydrogen (secondary N) is 1. The molecule has 2 saturated heterocycles. The maximum Gasteiger partial charge on any atom is 0.251 e. The second kappa shape index (κ2) is 7.27. The SMILES string of the molecule is Cc1cc(=O)[nH]c(S[C@H](C)C(=O)N2CCCC3(CCOCC3)C2)n1. The Kier molecular flexibility index (Phi) is 5.30. The molecular weight excluding hydrogens is 326 g/mol. The summed E-state index contributed by atoms with van der Waals surface area (Å²) >= 11 is 1.33. The van der Waals surface area contributed by atoms with Gasteiger partial charge in [-0.1, -0.05) is 11.8 Å². The molecule has 0 aliphatic carbocycles. The first-order valence-corrected chi connectivity index (χ1v) is 9.47. The van der Waals surface area contributed by atoms with Crippen LogP contribution < -0.4 is 5.56 Å². The minimum atomic E-state index is -0.259. The number of thioether (sulfide) groups is 1. The van der Waals surface area contributed by atoms with Crippen molar-refractivity contribution in [2.75, 3.05) is 26.3 Å². The maximum absolute atomic E-state index is 12.9. The number of aromatic amines is 1. The van der Waals surface area contributed by atoms with Crippen molar-refractivity contribution in [1.29, 1.82) is 0 Å². The van der Waals surface area contributed by atoms with Crippen molar-refractivity contribution in [2.24, 2.45) is 5.41 Å². The molecule has 7 heteroatoms. The van der Waals surface area contributed by atoms with Gasteiger partial charge >= 0.3 is 0 Å². The highest BCUT2D eigenvalue weighted by Gasteiger charge is 2.39. The van der Waals surface area contributed by atoms with Crippen LogP contribution in [0.15, 0.2) is 16.0 Å². The first-order valence-electron chi connectivity index (χ1n) is 8.59. The third-order valence-corrected chi connectivity index (χ3v) is 5.98. The number of aromatic nitrogens is 2. The summed E-state index contributed by atoms with van der Waals surface area (Å²) in [4.78, 5) is 33.4. The number of carbonyl (C=O) groups is 1. The van der Waals surface area contributed by atoms with E-state index in [1.165, 1.54) is 24.2 Å². The Hall–Kier alpha value is -1.34. The zero-order valence-corrected chi connectivity index (χ0v) is 15.2. The highest BCUT2D eigenvalue weighted by Crippen LogP contribution is 2.39. The van der Waals surface area contributed by atoms with E-state index >= 15 is 0 Å². The van der Waals surface area contributed by atoms with Crippen LogP contribution in [0.1, 0.15) is 38.3 Å². The van der Waals surface area contributed by atoms with Gasteiger partial charge in [0.1, 0.15) is 0 Å². The number of piperidine rings is 1. The molecule has 24 heavy (non-hydrogen) atoms. The average molecular weight is 351 g/mol. The van der Waals surface area contributed by atoms with Gasteiger partial charge in [0, 0.05) is 38.1 Å². The molecule has 132 valence electrons. The van der Waals surface area contributed by atoms with Crippen LogP contribution in [0.5, 0.6) is 0 Å². The van der Waals surface area contributed by atoms with Gasteiger partial charge in [-0.25, -0.2) is 4.98 Å². The Morgan fingerprint density at radius 1 is 1.42 bits per heavy atom. The van der Waals surface area contributed by atoms with Crippen LogP contribution in [0.4, 0.5) is 0 Å². The molecule has 3 rings (SSSR count). The van der Waals surface area contributed by atoms with Crippen molar-refractivity contribution in [3.8, 4) is 0 Å². The lowest BCUT2D eigenvalue weighted by Gasteiger charge is -2.45. The van der Waals surface area contributed by atoms with E-state index in [4.69, 9.17) is 4.74 Å². The smallest absolute Gasteiger partial charge is 0.251 e. The van der Waals surface area contributed by atoms with Gasteiger partial charge in [0.15, 0.2) is 5.16 Å². The lowest BCUT2D eigenvalue weighted by atomic mass is 9.74. The highest BCUT2D eigenvalue weighted by atomic mass is 32.2. The fourth-order valence-electron chi connectivity index (χ4n) is 3.69. The molecule has 6 nitrogen and oxygen atoms in total. The number of rotatable bonds is 3. The Balaban J connectivity index is 1.65. The van der Waals surface area contributed by atoms with Gasteiger partial charge in [0.25, 0.3) is 5.56 Å². The lowest BCUT2D eigenvalue weighted by Crippen LogP contribution is -2.50. The predicted octanol–water partition coefficient (Wildman–Crippen LogP) is 1.98. The number of hydrogen-bond donors (Lipinski definition) is 1. The van der Waals surface area contributed by atoms with Crippen LogP contribution in [0.25, 0.3) is 0 Å². The number of hydrogen-bond acceptors (Lipinski definition) is 5.